The first kappa shape index (κ1) is 22.0. The summed E-state index contributed by atoms with van der Waals surface area (Å²) in [6.07, 6.45) is 0.882. The third kappa shape index (κ3) is 4.93. The van der Waals surface area contributed by atoms with E-state index in [1.165, 1.54) is 12.7 Å². The molecule has 1 aliphatic carbocycles. The minimum absolute atomic E-state index is 0.0404. The summed E-state index contributed by atoms with van der Waals surface area (Å²) >= 11 is 0. The lowest BCUT2D eigenvalue weighted by molar-refractivity contribution is 0.147. The van der Waals surface area contributed by atoms with Crippen molar-refractivity contribution in [3.63, 3.8) is 0 Å². The maximum atomic E-state index is 12.7. The predicted octanol–water partition coefficient (Wildman–Crippen LogP) is 4.36. The van der Waals surface area contributed by atoms with Gasteiger partial charge < -0.3 is 9.47 Å². The molecule has 2 amide bonds. The molecular formula is C26H21N5O4. The highest BCUT2D eigenvalue weighted by molar-refractivity contribution is 5.99. The normalized spacial score (nSPS) is 12.5. The average Bonchev–Trinajstić information content (AvgIpc) is 3.54. The largest absolute Gasteiger partial charge is 0.448 e. The zero-order chi connectivity index (χ0) is 24.0. The van der Waals surface area contributed by atoms with E-state index in [2.05, 4.69) is 32.5 Å². The Morgan fingerprint density at radius 3 is 2.20 bits per heavy atom. The van der Waals surface area contributed by atoms with Crippen molar-refractivity contribution < 1.29 is 19.1 Å². The summed E-state index contributed by atoms with van der Waals surface area (Å²) in [6.45, 7) is 0.154. The SMILES string of the molecule is O=C(N=C(NC(=O)OCC1c2ccccc2-c2ccccc21)n1cncn1)OCc1ccccc1. The Bertz CT molecular complexity index is 1320. The van der Waals surface area contributed by atoms with Crippen molar-refractivity contribution in [3.8, 4) is 11.1 Å². The number of ether oxygens (including phenoxy) is 2. The average molecular weight is 467 g/mol. The van der Waals surface area contributed by atoms with Crippen LogP contribution in [0.4, 0.5) is 9.59 Å². The second-order valence-electron chi connectivity index (χ2n) is 7.77. The van der Waals surface area contributed by atoms with Gasteiger partial charge in [-0.15, -0.1) is 4.99 Å². The van der Waals surface area contributed by atoms with Gasteiger partial charge in [0.25, 0.3) is 0 Å². The highest BCUT2D eigenvalue weighted by atomic mass is 16.6. The van der Waals surface area contributed by atoms with Gasteiger partial charge in [-0.2, -0.15) is 9.78 Å². The molecular weight excluding hydrogens is 446 g/mol. The fraction of sp³-hybridized carbons (Fsp3) is 0.115. The number of aromatic nitrogens is 3. The van der Waals surface area contributed by atoms with E-state index in [4.69, 9.17) is 9.47 Å². The minimum atomic E-state index is -0.890. The second kappa shape index (κ2) is 10.0. The van der Waals surface area contributed by atoms with Gasteiger partial charge in [0.1, 0.15) is 25.9 Å². The Balaban J connectivity index is 1.26. The summed E-state index contributed by atoms with van der Waals surface area (Å²) < 4.78 is 11.9. The van der Waals surface area contributed by atoms with Crippen molar-refractivity contribution >= 4 is 18.1 Å². The molecule has 1 aromatic heterocycles. The lowest BCUT2D eigenvalue weighted by Crippen LogP contribution is -2.37. The summed E-state index contributed by atoms with van der Waals surface area (Å²) in [5.41, 5.74) is 5.25. The third-order valence-electron chi connectivity index (χ3n) is 5.60. The van der Waals surface area contributed by atoms with Crippen molar-refractivity contribution in [2.24, 2.45) is 4.99 Å². The molecule has 9 nitrogen and oxygen atoms in total. The molecule has 0 bridgehead atoms. The Labute approximate surface area is 201 Å². The molecule has 0 radical (unpaired) electrons. The molecule has 3 aromatic carbocycles. The summed E-state index contributed by atoms with van der Waals surface area (Å²) in [7, 11) is 0. The van der Waals surface area contributed by atoms with Gasteiger partial charge in [0.2, 0.25) is 5.96 Å². The van der Waals surface area contributed by atoms with Crippen molar-refractivity contribution in [1.82, 2.24) is 20.1 Å². The molecule has 1 aliphatic rings. The highest BCUT2D eigenvalue weighted by Gasteiger charge is 2.29. The number of carbonyl (C=O) groups is 2. The second-order valence-corrected chi connectivity index (χ2v) is 7.77. The van der Waals surface area contributed by atoms with Gasteiger partial charge in [-0.25, -0.2) is 14.6 Å². The van der Waals surface area contributed by atoms with E-state index >= 15 is 0 Å². The van der Waals surface area contributed by atoms with Crippen LogP contribution in [-0.2, 0) is 16.1 Å². The molecule has 9 heteroatoms. The Morgan fingerprint density at radius 1 is 0.886 bits per heavy atom. The van der Waals surface area contributed by atoms with Gasteiger partial charge in [0.15, 0.2) is 0 Å². The van der Waals surface area contributed by atoms with Crippen LogP contribution in [0.1, 0.15) is 22.6 Å². The molecule has 0 atom stereocenters. The topological polar surface area (TPSA) is 108 Å². The molecule has 174 valence electrons. The number of amides is 2. The predicted molar refractivity (Wildman–Crippen MR) is 128 cm³/mol. The lowest BCUT2D eigenvalue weighted by Gasteiger charge is -2.15. The van der Waals surface area contributed by atoms with Crippen LogP contribution in [0.15, 0.2) is 96.5 Å². The number of hydrogen-bond donors (Lipinski definition) is 1. The van der Waals surface area contributed by atoms with Crippen LogP contribution in [0.5, 0.6) is 0 Å². The van der Waals surface area contributed by atoms with Crippen LogP contribution in [0.2, 0.25) is 0 Å². The number of nitrogens with zero attached hydrogens (tertiary/aromatic N) is 4. The zero-order valence-corrected chi connectivity index (χ0v) is 18.6. The maximum Gasteiger partial charge on any atom is 0.437 e. The van der Waals surface area contributed by atoms with Crippen molar-refractivity contribution in [2.45, 2.75) is 12.5 Å². The van der Waals surface area contributed by atoms with Gasteiger partial charge in [-0.3, -0.25) is 5.32 Å². The van der Waals surface area contributed by atoms with E-state index in [1.807, 2.05) is 66.7 Å². The fourth-order valence-corrected chi connectivity index (χ4v) is 4.02. The molecule has 1 heterocycles. The minimum Gasteiger partial charge on any atom is -0.448 e. The van der Waals surface area contributed by atoms with E-state index in [-0.39, 0.29) is 25.1 Å². The number of fused-ring (bicyclic) bond motifs is 3. The number of carbonyl (C=O) groups excluding carboxylic acids is 2. The molecule has 0 spiro atoms. The molecule has 0 saturated heterocycles. The van der Waals surface area contributed by atoms with Gasteiger partial charge in [-0.05, 0) is 27.8 Å². The summed E-state index contributed by atoms with van der Waals surface area (Å²) in [5, 5.41) is 6.40. The number of hydrogen-bond acceptors (Lipinski definition) is 6. The molecule has 5 rings (SSSR count). The van der Waals surface area contributed by atoms with Gasteiger partial charge >= 0.3 is 12.2 Å². The summed E-state index contributed by atoms with van der Waals surface area (Å²) in [6, 6.07) is 25.3. The van der Waals surface area contributed by atoms with Crippen LogP contribution in [0, 0.1) is 0 Å². The van der Waals surface area contributed by atoms with Crippen LogP contribution in [-0.4, -0.2) is 39.5 Å². The van der Waals surface area contributed by atoms with Crippen molar-refractivity contribution in [2.75, 3.05) is 6.61 Å². The number of alkyl carbamates (subject to hydrolysis) is 1. The van der Waals surface area contributed by atoms with E-state index < -0.39 is 12.2 Å². The molecule has 1 N–H and O–H groups in total. The molecule has 0 unspecified atom stereocenters. The van der Waals surface area contributed by atoms with E-state index in [0.29, 0.717) is 0 Å². The first-order chi connectivity index (χ1) is 17.2. The fourth-order valence-electron chi connectivity index (χ4n) is 4.02. The summed E-state index contributed by atoms with van der Waals surface area (Å²) in [4.78, 5) is 32.6. The molecule has 35 heavy (non-hydrogen) atoms. The monoisotopic (exact) mass is 467 g/mol. The van der Waals surface area contributed by atoms with E-state index in [1.54, 1.807) is 0 Å². The number of nitrogens with one attached hydrogen (secondary N) is 1. The number of benzene rings is 3. The highest BCUT2D eigenvalue weighted by Crippen LogP contribution is 2.44. The standard InChI is InChI=1S/C26H21N5O4/c32-25(34-14-18-8-2-1-3-9-18)29-24(31-17-27-16-28-31)30-26(33)35-15-23-21-12-6-4-10-19(21)20-11-5-7-13-22(20)23/h1-13,16-17,23H,14-15H2,(H,29,30,32,33). The number of rotatable bonds is 4. The smallest absolute Gasteiger partial charge is 0.437 e. The first-order valence-electron chi connectivity index (χ1n) is 11.0. The van der Waals surface area contributed by atoms with Crippen LogP contribution < -0.4 is 5.32 Å². The Hall–Kier alpha value is -4.79. The van der Waals surface area contributed by atoms with Crippen LogP contribution in [0.3, 0.4) is 0 Å². The van der Waals surface area contributed by atoms with E-state index in [9.17, 15) is 9.59 Å². The van der Waals surface area contributed by atoms with Gasteiger partial charge in [-0.1, -0.05) is 78.9 Å². The number of aliphatic imine (C=N–C) groups is 1. The molecule has 4 aromatic rings. The maximum absolute atomic E-state index is 12.7. The lowest BCUT2D eigenvalue weighted by atomic mass is 9.98. The molecule has 0 aliphatic heterocycles. The molecule has 0 fully saturated rings. The van der Waals surface area contributed by atoms with Gasteiger partial charge in [0, 0.05) is 5.92 Å². The Kier molecular flexibility index (Phi) is 6.29. The quantitative estimate of drug-likeness (QED) is 0.353. The van der Waals surface area contributed by atoms with E-state index in [0.717, 1.165) is 32.5 Å². The third-order valence-corrected chi connectivity index (χ3v) is 5.60. The first-order valence-corrected chi connectivity index (χ1v) is 11.0. The zero-order valence-electron chi connectivity index (χ0n) is 18.6. The van der Waals surface area contributed by atoms with Gasteiger partial charge in [0.05, 0.1) is 0 Å². The Morgan fingerprint density at radius 2 is 1.54 bits per heavy atom. The summed E-state index contributed by atoms with van der Waals surface area (Å²) in [5.74, 6) is -0.284. The van der Waals surface area contributed by atoms with Crippen molar-refractivity contribution in [1.29, 1.82) is 0 Å². The van der Waals surface area contributed by atoms with Crippen LogP contribution in [0.25, 0.3) is 11.1 Å². The molecule has 0 saturated carbocycles. The van der Waals surface area contributed by atoms with Crippen molar-refractivity contribution in [3.05, 3.63) is 108 Å². The van der Waals surface area contributed by atoms with Crippen LogP contribution >= 0.6 is 0 Å².